The second-order valence-corrected chi connectivity index (χ2v) is 1.99. The largest absolute Gasteiger partial charge is 0.427 e. The second kappa shape index (κ2) is 1.44. The molecule has 2 aromatic rings. The van der Waals surface area contributed by atoms with Crippen LogP contribution in [0.1, 0.15) is 0 Å². The Morgan fingerprint density at radius 2 is 2.30 bits per heavy atom. The van der Waals surface area contributed by atoms with Gasteiger partial charge in [-0.1, -0.05) is 0 Å². The molecule has 0 radical (unpaired) electrons. The number of hydrogen-bond acceptors (Lipinski definition) is 3. The van der Waals surface area contributed by atoms with Gasteiger partial charge in [0.2, 0.25) is 5.95 Å². The summed E-state index contributed by atoms with van der Waals surface area (Å²) in [5.41, 5.74) is 5.98. The number of nitrogen functional groups attached to an aromatic ring is 1. The van der Waals surface area contributed by atoms with Gasteiger partial charge in [0.15, 0.2) is 5.65 Å². The van der Waals surface area contributed by atoms with Gasteiger partial charge < -0.3 is 10.9 Å². The first-order chi connectivity index (χ1) is 4.79. The monoisotopic (exact) mass is 138 g/mol. The Balaban J connectivity index is 2.95. The van der Waals surface area contributed by atoms with E-state index in [0.29, 0.717) is 11.6 Å². The van der Waals surface area contributed by atoms with Crippen molar-refractivity contribution < 1.29 is 5.21 Å². The minimum Gasteiger partial charge on any atom is -0.427 e. The Hall–Kier alpha value is -1.65. The summed E-state index contributed by atoms with van der Waals surface area (Å²) in [5, 5.41) is 9.02. The number of anilines is 1. The summed E-state index contributed by atoms with van der Waals surface area (Å²) in [7, 11) is 0. The first-order valence-electron chi connectivity index (χ1n) is 2.78. The van der Waals surface area contributed by atoms with Crippen LogP contribution in [0, 0.1) is 0 Å². The summed E-state index contributed by atoms with van der Waals surface area (Å²) in [5.74, 6) is 0.378. The first kappa shape index (κ1) is 5.16. The minimum atomic E-state index is 0.378. The minimum absolute atomic E-state index is 0.378. The van der Waals surface area contributed by atoms with Crippen LogP contribution in [-0.2, 0) is 0 Å². The fourth-order valence-corrected chi connectivity index (χ4v) is 0.894. The normalized spacial score (nSPS) is 10.8. The summed E-state index contributed by atoms with van der Waals surface area (Å²) in [4.78, 5) is 3.78. The SMILES string of the molecule is Nc1ncc2n(O)ccn12. The lowest BCUT2D eigenvalue weighted by atomic mass is 10.8. The van der Waals surface area contributed by atoms with E-state index in [4.69, 9.17) is 10.9 Å². The van der Waals surface area contributed by atoms with Gasteiger partial charge in [0.25, 0.3) is 0 Å². The van der Waals surface area contributed by atoms with Crippen molar-refractivity contribution in [2.75, 3.05) is 5.73 Å². The van der Waals surface area contributed by atoms with E-state index < -0.39 is 0 Å². The van der Waals surface area contributed by atoms with Crippen LogP contribution < -0.4 is 5.73 Å². The zero-order chi connectivity index (χ0) is 7.14. The molecule has 0 amide bonds. The fourth-order valence-electron chi connectivity index (χ4n) is 0.894. The maximum atomic E-state index is 9.02. The van der Waals surface area contributed by atoms with Crippen molar-refractivity contribution in [2.24, 2.45) is 0 Å². The van der Waals surface area contributed by atoms with E-state index in [2.05, 4.69) is 4.98 Å². The smallest absolute Gasteiger partial charge is 0.206 e. The maximum absolute atomic E-state index is 9.02. The van der Waals surface area contributed by atoms with E-state index in [1.807, 2.05) is 0 Å². The van der Waals surface area contributed by atoms with Crippen molar-refractivity contribution in [3.05, 3.63) is 18.6 Å². The van der Waals surface area contributed by atoms with Crippen LogP contribution in [0.4, 0.5) is 5.95 Å². The molecule has 0 fully saturated rings. The second-order valence-electron chi connectivity index (χ2n) is 1.99. The van der Waals surface area contributed by atoms with Gasteiger partial charge in [-0.3, -0.25) is 4.40 Å². The van der Waals surface area contributed by atoms with Crippen LogP contribution in [0.5, 0.6) is 0 Å². The highest BCUT2D eigenvalue weighted by atomic mass is 16.5. The Morgan fingerprint density at radius 3 is 3.00 bits per heavy atom. The molecule has 2 aromatic heterocycles. The molecule has 0 atom stereocenters. The molecular weight excluding hydrogens is 132 g/mol. The molecule has 0 unspecified atom stereocenters. The molecule has 52 valence electrons. The lowest BCUT2D eigenvalue weighted by Crippen LogP contribution is -1.91. The van der Waals surface area contributed by atoms with Gasteiger partial charge in [0, 0.05) is 6.20 Å². The number of hydrogen-bond donors (Lipinski definition) is 2. The lowest BCUT2D eigenvalue weighted by molar-refractivity contribution is 0.199. The molecule has 0 spiro atoms. The standard InChI is InChI=1S/C5H6N4O/c6-5-7-3-4-8(5)1-2-9(4)10/h1-3,10H,(H2,6,7). The highest BCUT2D eigenvalue weighted by Gasteiger charge is 2.01. The molecule has 2 rings (SSSR count). The Labute approximate surface area is 56.3 Å². The molecule has 0 aliphatic carbocycles. The summed E-state index contributed by atoms with van der Waals surface area (Å²) in [6, 6.07) is 0. The molecule has 0 aliphatic heterocycles. The van der Waals surface area contributed by atoms with Gasteiger partial charge in [-0.25, -0.2) is 4.98 Å². The third-order valence-corrected chi connectivity index (χ3v) is 1.40. The predicted octanol–water partition coefficient (Wildman–Crippen LogP) is -0.0447. The van der Waals surface area contributed by atoms with E-state index in [0.717, 1.165) is 4.73 Å². The first-order valence-corrected chi connectivity index (χ1v) is 2.78. The van der Waals surface area contributed by atoms with Gasteiger partial charge in [-0.05, 0) is 0 Å². The van der Waals surface area contributed by atoms with Crippen molar-refractivity contribution in [3.8, 4) is 0 Å². The van der Waals surface area contributed by atoms with E-state index >= 15 is 0 Å². The number of nitrogens with zero attached hydrogens (tertiary/aromatic N) is 3. The molecule has 5 nitrogen and oxygen atoms in total. The number of fused-ring (bicyclic) bond motifs is 1. The van der Waals surface area contributed by atoms with Gasteiger partial charge in [-0.15, -0.1) is 0 Å². The third kappa shape index (κ3) is 0.439. The van der Waals surface area contributed by atoms with Crippen molar-refractivity contribution in [1.29, 1.82) is 0 Å². The summed E-state index contributed by atoms with van der Waals surface area (Å²) in [6.45, 7) is 0. The Bertz CT molecular complexity index is 324. The lowest BCUT2D eigenvalue weighted by Gasteiger charge is -1.86. The number of nitrogens with two attached hydrogens (primary N) is 1. The maximum Gasteiger partial charge on any atom is 0.206 e. The van der Waals surface area contributed by atoms with E-state index in [9.17, 15) is 0 Å². The molecule has 0 aliphatic rings. The Kier molecular flexibility index (Phi) is 0.743. The molecule has 0 bridgehead atoms. The van der Waals surface area contributed by atoms with Crippen LogP contribution >= 0.6 is 0 Å². The fraction of sp³-hybridized carbons (Fsp3) is 0. The van der Waals surface area contributed by atoms with Crippen LogP contribution in [0.25, 0.3) is 5.65 Å². The summed E-state index contributed by atoms with van der Waals surface area (Å²) in [6.07, 6.45) is 4.63. The van der Waals surface area contributed by atoms with Crippen molar-refractivity contribution in [3.63, 3.8) is 0 Å². The van der Waals surface area contributed by atoms with Gasteiger partial charge >= 0.3 is 0 Å². The van der Waals surface area contributed by atoms with Crippen molar-refractivity contribution >= 4 is 11.6 Å². The van der Waals surface area contributed by atoms with Crippen molar-refractivity contribution in [1.82, 2.24) is 14.1 Å². The molecular formula is C5H6N4O. The molecule has 10 heavy (non-hydrogen) atoms. The average molecular weight is 138 g/mol. The highest BCUT2D eigenvalue weighted by molar-refractivity contribution is 5.44. The zero-order valence-corrected chi connectivity index (χ0v) is 5.10. The van der Waals surface area contributed by atoms with Crippen LogP contribution in [0.3, 0.4) is 0 Å². The summed E-state index contributed by atoms with van der Waals surface area (Å²) >= 11 is 0. The zero-order valence-electron chi connectivity index (χ0n) is 5.10. The van der Waals surface area contributed by atoms with E-state index in [1.165, 1.54) is 12.4 Å². The van der Waals surface area contributed by atoms with Gasteiger partial charge in [-0.2, -0.15) is 4.73 Å². The quantitative estimate of drug-likeness (QED) is 0.502. The predicted molar refractivity (Wildman–Crippen MR) is 34.8 cm³/mol. The molecule has 0 saturated carbocycles. The Morgan fingerprint density at radius 1 is 1.50 bits per heavy atom. The molecule has 0 aromatic carbocycles. The van der Waals surface area contributed by atoms with Crippen LogP contribution in [0.2, 0.25) is 0 Å². The molecule has 3 N–H and O–H groups in total. The van der Waals surface area contributed by atoms with Crippen molar-refractivity contribution in [2.45, 2.75) is 0 Å². The topological polar surface area (TPSA) is 68.5 Å². The van der Waals surface area contributed by atoms with Gasteiger partial charge in [0.05, 0.1) is 12.4 Å². The molecule has 2 heterocycles. The highest BCUT2D eigenvalue weighted by Crippen LogP contribution is 2.06. The number of aromatic nitrogens is 3. The van der Waals surface area contributed by atoms with E-state index in [-0.39, 0.29) is 0 Å². The van der Waals surface area contributed by atoms with E-state index in [1.54, 1.807) is 10.6 Å². The van der Waals surface area contributed by atoms with Crippen LogP contribution in [0.15, 0.2) is 18.6 Å². The number of rotatable bonds is 0. The molecule has 0 saturated heterocycles. The summed E-state index contributed by atoms with van der Waals surface area (Å²) < 4.78 is 2.54. The third-order valence-electron chi connectivity index (χ3n) is 1.40. The number of imidazole rings is 2. The molecule has 5 heteroatoms. The van der Waals surface area contributed by atoms with Gasteiger partial charge in [0.1, 0.15) is 0 Å². The van der Waals surface area contributed by atoms with Crippen LogP contribution in [-0.4, -0.2) is 19.3 Å². The average Bonchev–Trinajstić information content (AvgIpc) is 2.41.